The largest absolute Gasteiger partial charge is 0.496 e. The number of benzene rings is 2. The molecule has 1 aliphatic heterocycles. The molecular formula is C34H38F3N5O7. The molecule has 0 fully saturated rings. The van der Waals surface area contributed by atoms with E-state index in [1.54, 1.807) is 44.2 Å². The van der Waals surface area contributed by atoms with E-state index in [4.69, 9.17) is 14.2 Å². The standard InChI is InChI=1S/C34H38F3N5O7/c1-20(2)30-32(45)40-18-23-24(47-3)8-7-9-25(23)49-27-16-21(10-12-26(27)48-4)31(44)38-14-5-6-15-42(19-29(43)41-30)33(46)22-11-13-28(39-17-22)34(35,36)37/h7-13,16-17,20,30H,5-6,14-15,18-19H2,1-4H3,(H,38,44)(H,40,45)(H,41,43)/t30-/m1/s1. The molecule has 1 aliphatic rings. The summed E-state index contributed by atoms with van der Waals surface area (Å²) in [6.45, 7) is 3.18. The predicted molar refractivity (Wildman–Crippen MR) is 171 cm³/mol. The van der Waals surface area contributed by atoms with Gasteiger partial charge in [0, 0.05) is 24.8 Å². The van der Waals surface area contributed by atoms with Crippen LogP contribution in [0.3, 0.4) is 0 Å². The highest BCUT2D eigenvalue weighted by atomic mass is 19.4. The smallest absolute Gasteiger partial charge is 0.433 e. The second-order valence-corrected chi connectivity index (χ2v) is 11.5. The van der Waals surface area contributed by atoms with Gasteiger partial charge in [-0.1, -0.05) is 19.9 Å². The number of hydrogen-bond acceptors (Lipinski definition) is 8. The highest BCUT2D eigenvalue weighted by Gasteiger charge is 2.33. The van der Waals surface area contributed by atoms with Crippen LogP contribution in [0.15, 0.2) is 54.7 Å². The average Bonchev–Trinajstić information content (AvgIpc) is 3.07. The van der Waals surface area contributed by atoms with Crippen molar-refractivity contribution in [1.82, 2.24) is 25.8 Å². The van der Waals surface area contributed by atoms with Gasteiger partial charge in [0.1, 0.15) is 23.2 Å². The number of halogens is 3. The average molecular weight is 686 g/mol. The lowest BCUT2D eigenvalue weighted by Gasteiger charge is -2.26. The summed E-state index contributed by atoms with van der Waals surface area (Å²) in [5, 5.41) is 8.32. The van der Waals surface area contributed by atoms with Crippen molar-refractivity contribution in [3.63, 3.8) is 0 Å². The molecule has 4 rings (SSSR count). The molecule has 3 N–H and O–H groups in total. The Hall–Kier alpha value is -5.34. The predicted octanol–water partition coefficient (Wildman–Crippen LogP) is 4.33. The van der Waals surface area contributed by atoms with Gasteiger partial charge in [0.2, 0.25) is 11.8 Å². The summed E-state index contributed by atoms with van der Waals surface area (Å²) in [7, 11) is 2.92. The van der Waals surface area contributed by atoms with Crippen molar-refractivity contribution < 1.29 is 46.6 Å². The summed E-state index contributed by atoms with van der Waals surface area (Å²) in [5.41, 5.74) is -0.552. The van der Waals surface area contributed by atoms with Gasteiger partial charge in [-0.15, -0.1) is 0 Å². The van der Waals surface area contributed by atoms with E-state index >= 15 is 0 Å². The summed E-state index contributed by atoms with van der Waals surface area (Å²) in [5.74, 6) is -1.34. The number of amides is 4. The molecular weight excluding hydrogens is 647 g/mol. The molecule has 0 aliphatic carbocycles. The quantitative estimate of drug-likeness (QED) is 0.368. The molecule has 4 amide bonds. The Morgan fingerprint density at radius 1 is 0.980 bits per heavy atom. The Labute approximate surface area is 281 Å². The number of carbonyl (C=O) groups excluding carboxylic acids is 4. The molecule has 262 valence electrons. The maximum atomic E-state index is 13.5. The van der Waals surface area contributed by atoms with Crippen molar-refractivity contribution in [2.75, 3.05) is 33.9 Å². The lowest BCUT2D eigenvalue weighted by Crippen LogP contribution is -2.52. The number of nitrogens with one attached hydrogen (secondary N) is 3. The molecule has 0 radical (unpaired) electrons. The molecule has 15 heteroatoms. The Morgan fingerprint density at radius 3 is 2.39 bits per heavy atom. The first-order valence-corrected chi connectivity index (χ1v) is 15.5. The maximum Gasteiger partial charge on any atom is 0.433 e. The first-order chi connectivity index (χ1) is 23.3. The fourth-order valence-electron chi connectivity index (χ4n) is 5.09. The van der Waals surface area contributed by atoms with Gasteiger partial charge in [0.25, 0.3) is 11.8 Å². The van der Waals surface area contributed by atoms with Crippen molar-refractivity contribution >= 4 is 23.6 Å². The first kappa shape index (κ1) is 36.5. The van der Waals surface area contributed by atoms with Crippen LogP contribution in [-0.2, 0) is 22.3 Å². The third kappa shape index (κ3) is 9.39. The van der Waals surface area contributed by atoms with Crippen LogP contribution < -0.4 is 30.2 Å². The van der Waals surface area contributed by atoms with Crippen LogP contribution in [-0.4, -0.2) is 73.4 Å². The van der Waals surface area contributed by atoms with Gasteiger partial charge in [0.05, 0.1) is 38.4 Å². The van der Waals surface area contributed by atoms with Crippen LogP contribution in [0, 0.1) is 5.92 Å². The van der Waals surface area contributed by atoms with Crippen molar-refractivity contribution in [3.8, 4) is 23.0 Å². The molecule has 2 aromatic carbocycles. The van der Waals surface area contributed by atoms with E-state index in [-0.39, 0.29) is 42.4 Å². The zero-order chi connectivity index (χ0) is 35.7. The SMILES string of the molecule is COc1ccc2cc1Oc1cccc(OC)c1CNC(=O)[C@@H](C(C)C)NC(=O)CN(C(=O)c1ccc(C(F)(F)F)nc1)CCCCNC2=O. The zero-order valence-electron chi connectivity index (χ0n) is 27.5. The van der Waals surface area contributed by atoms with Crippen LogP contribution in [0.4, 0.5) is 13.2 Å². The fraction of sp³-hybridized carbons (Fsp3) is 0.382. The molecule has 0 unspecified atom stereocenters. The zero-order valence-corrected chi connectivity index (χ0v) is 27.5. The van der Waals surface area contributed by atoms with Crippen molar-refractivity contribution in [1.29, 1.82) is 0 Å². The van der Waals surface area contributed by atoms with Gasteiger partial charge in [-0.25, -0.2) is 0 Å². The highest BCUT2D eigenvalue weighted by molar-refractivity contribution is 5.97. The normalized spacial score (nSPS) is 16.8. The number of methoxy groups -OCH3 is 2. The molecule has 12 nitrogen and oxygen atoms in total. The summed E-state index contributed by atoms with van der Waals surface area (Å²) in [6, 6.07) is 10.4. The van der Waals surface area contributed by atoms with Crippen molar-refractivity contribution in [2.45, 2.75) is 45.5 Å². The van der Waals surface area contributed by atoms with Crippen LogP contribution in [0.2, 0.25) is 0 Å². The van der Waals surface area contributed by atoms with Gasteiger partial charge in [-0.2, -0.15) is 13.2 Å². The topological polar surface area (TPSA) is 148 Å². The molecule has 2 heterocycles. The third-order valence-electron chi connectivity index (χ3n) is 7.72. The van der Waals surface area contributed by atoms with E-state index in [1.807, 2.05) is 0 Å². The monoisotopic (exact) mass is 685 g/mol. The van der Waals surface area contributed by atoms with Gasteiger partial charge >= 0.3 is 6.18 Å². The fourth-order valence-corrected chi connectivity index (χ4v) is 5.09. The minimum absolute atomic E-state index is 0.0266. The van der Waals surface area contributed by atoms with E-state index in [0.717, 1.165) is 12.3 Å². The molecule has 2 bridgehead atoms. The Morgan fingerprint density at radius 2 is 1.73 bits per heavy atom. The van der Waals surface area contributed by atoms with E-state index in [9.17, 15) is 32.3 Å². The summed E-state index contributed by atoms with van der Waals surface area (Å²) in [6.07, 6.45) is -3.16. The molecule has 49 heavy (non-hydrogen) atoms. The molecule has 0 saturated carbocycles. The lowest BCUT2D eigenvalue weighted by molar-refractivity contribution is -0.141. The maximum absolute atomic E-state index is 13.5. The molecule has 1 aromatic heterocycles. The minimum atomic E-state index is -4.69. The number of pyridine rings is 1. The summed E-state index contributed by atoms with van der Waals surface area (Å²) < 4.78 is 56.4. The van der Waals surface area contributed by atoms with E-state index in [1.165, 1.54) is 25.2 Å². The Balaban J connectivity index is 1.66. The van der Waals surface area contributed by atoms with Crippen LogP contribution in [0.5, 0.6) is 23.0 Å². The van der Waals surface area contributed by atoms with E-state index in [2.05, 4.69) is 20.9 Å². The molecule has 0 spiro atoms. The number of nitrogens with zero attached hydrogens (tertiary/aromatic N) is 2. The first-order valence-electron chi connectivity index (χ1n) is 15.5. The highest BCUT2D eigenvalue weighted by Crippen LogP contribution is 2.37. The number of ether oxygens (including phenoxy) is 3. The second-order valence-electron chi connectivity index (χ2n) is 11.5. The molecule has 0 saturated heterocycles. The van der Waals surface area contributed by atoms with Gasteiger partial charge in [0.15, 0.2) is 11.5 Å². The molecule has 3 aromatic rings. The van der Waals surface area contributed by atoms with Gasteiger partial charge in [-0.3, -0.25) is 24.2 Å². The Bertz CT molecular complexity index is 1660. The lowest BCUT2D eigenvalue weighted by atomic mass is 10.0. The number of hydrogen-bond donors (Lipinski definition) is 3. The van der Waals surface area contributed by atoms with Gasteiger partial charge in [-0.05, 0) is 61.2 Å². The van der Waals surface area contributed by atoms with Crippen molar-refractivity contribution in [2.24, 2.45) is 5.92 Å². The van der Waals surface area contributed by atoms with Gasteiger partial charge < -0.3 is 35.1 Å². The summed E-state index contributed by atoms with van der Waals surface area (Å²) in [4.78, 5) is 57.7. The van der Waals surface area contributed by atoms with Crippen LogP contribution in [0.1, 0.15) is 58.7 Å². The summed E-state index contributed by atoms with van der Waals surface area (Å²) >= 11 is 0. The van der Waals surface area contributed by atoms with Crippen LogP contribution >= 0.6 is 0 Å². The number of carbonyl (C=O) groups is 4. The second kappa shape index (κ2) is 16.2. The third-order valence-corrected chi connectivity index (χ3v) is 7.72. The van der Waals surface area contributed by atoms with E-state index in [0.29, 0.717) is 41.7 Å². The number of rotatable bonds is 4. The molecule has 1 atom stereocenters. The minimum Gasteiger partial charge on any atom is -0.496 e. The number of alkyl halides is 3. The van der Waals surface area contributed by atoms with E-state index < -0.39 is 48.1 Å². The number of fused-ring (bicyclic) bond motifs is 3. The van der Waals surface area contributed by atoms with Crippen molar-refractivity contribution in [3.05, 3.63) is 77.1 Å². The number of aromatic nitrogens is 1. The van der Waals surface area contributed by atoms with Crippen LogP contribution in [0.25, 0.3) is 0 Å². The Kier molecular flexibility index (Phi) is 12.0.